The van der Waals surface area contributed by atoms with Crippen LogP contribution in [0.5, 0.6) is 0 Å². The number of nitrogens with one attached hydrogen (secondary N) is 1. The average molecular weight is 267 g/mol. The van der Waals surface area contributed by atoms with E-state index in [1.807, 2.05) is 67.6 Å². The molecule has 0 bridgehead atoms. The van der Waals surface area contributed by atoms with Crippen LogP contribution in [0.4, 0.5) is 5.69 Å². The van der Waals surface area contributed by atoms with E-state index in [1.165, 1.54) is 0 Å². The molecule has 0 aliphatic heterocycles. The van der Waals surface area contributed by atoms with Crippen LogP contribution >= 0.6 is 0 Å². The Labute approximate surface area is 118 Å². The summed E-state index contributed by atoms with van der Waals surface area (Å²) in [5.74, 6) is -0.894. The number of aliphatic carboxylic acids is 1. The van der Waals surface area contributed by atoms with Gasteiger partial charge < -0.3 is 10.4 Å². The monoisotopic (exact) mass is 267 g/mol. The standard InChI is InChI=1S/C17H17NO2/c1-2-15(17(19)20)16(13-9-5-3-6-10-13)18-14-11-7-4-8-12-14/h3-12,18H,2H2,1H3,(H,19,20). The highest BCUT2D eigenvalue weighted by Crippen LogP contribution is 2.23. The first kappa shape index (κ1) is 13.9. The average Bonchev–Trinajstić information content (AvgIpc) is 2.48. The lowest BCUT2D eigenvalue weighted by molar-refractivity contribution is -0.132. The minimum Gasteiger partial charge on any atom is -0.478 e. The third kappa shape index (κ3) is 3.26. The molecule has 2 N–H and O–H groups in total. The molecule has 102 valence electrons. The van der Waals surface area contributed by atoms with Gasteiger partial charge in [-0.25, -0.2) is 4.79 Å². The van der Waals surface area contributed by atoms with Crippen molar-refractivity contribution in [1.82, 2.24) is 0 Å². The van der Waals surface area contributed by atoms with Crippen LogP contribution in [-0.4, -0.2) is 11.1 Å². The van der Waals surface area contributed by atoms with Crippen molar-refractivity contribution in [3.63, 3.8) is 0 Å². The minimum atomic E-state index is -0.894. The van der Waals surface area contributed by atoms with E-state index in [-0.39, 0.29) is 0 Å². The lowest BCUT2D eigenvalue weighted by atomic mass is 10.0. The van der Waals surface area contributed by atoms with Gasteiger partial charge in [-0.2, -0.15) is 0 Å². The molecule has 0 aliphatic rings. The van der Waals surface area contributed by atoms with E-state index in [2.05, 4.69) is 5.32 Å². The number of benzene rings is 2. The van der Waals surface area contributed by atoms with Gasteiger partial charge in [-0.3, -0.25) is 0 Å². The molecule has 0 saturated heterocycles. The number of para-hydroxylation sites is 1. The molecule has 0 amide bonds. The van der Waals surface area contributed by atoms with Crippen molar-refractivity contribution in [2.24, 2.45) is 0 Å². The van der Waals surface area contributed by atoms with Gasteiger partial charge in [0.15, 0.2) is 0 Å². The molecule has 0 aliphatic carbocycles. The summed E-state index contributed by atoms with van der Waals surface area (Å²) in [7, 11) is 0. The molecule has 3 nitrogen and oxygen atoms in total. The highest BCUT2D eigenvalue weighted by Gasteiger charge is 2.14. The fourth-order valence-corrected chi connectivity index (χ4v) is 2.03. The highest BCUT2D eigenvalue weighted by molar-refractivity contribution is 5.99. The van der Waals surface area contributed by atoms with E-state index in [1.54, 1.807) is 0 Å². The number of anilines is 1. The summed E-state index contributed by atoms with van der Waals surface area (Å²) in [6, 6.07) is 19.1. The van der Waals surface area contributed by atoms with Crippen molar-refractivity contribution in [3.8, 4) is 0 Å². The van der Waals surface area contributed by atoms with Gasteiger partial charge in [0.05, 0.1) is 11.3 Å². The largest absolute Gasteiger partial charge is 0.478 e. The first-order chi connectivity index (χ1) is 9.72. The molecule has 0 atom stereocenters. The van der Waals surface area contributed by atoms with Gasteiger partial charge in [0.1, 0.15) is 0 Å². The zero-order chi connectivity index (χ0) is 14.4. The number of rotatable bonds is 5. The molecule has 0 fully saturated rings. The van der Waals surface area contributed by atoms with Crippen molar-refractivity contribution in [2.75, 3.05) is 5.32 Å². The fourth-order valence-electron chi connectivity index (χ4n) is 2.03. The Kier molecular flexibility index (Phi) is 4.56. The van der Waals surface area contributed by atoms with Gasteiger partial charge in [-0.15, -0.1) is 0 Å². The second kappa shape index (κ2) is 6.57. The fraction of sp³-hybridized carbons (Fsp3) is 0.118. The van der Waals surface area contributed by atoms with Crippen molar-refractivity contribution >= 4 is 17.4 Å². The van der Waals surface area contributed by atoms with E-state index in [4.69, 9.17) is 0 Å². The van der Waals surface area contributed by atoms with Crippen LogP contribution in [0.3, 0.4) is 0 Å². The van der Waals surface area contributed by atoms with E-state index in [9.17, 15) is 9.90 Å². The predicted molar refractivity (Wildman–Crippen MR) is 81.4 cm³/mol. The van der Waals surface area contributed by atoms with Crippen molar-refractivity contribution in [2.45, 2.75) is 13.3 Å². The first-order valence-electron chi connectivity index (χ1n) is 6.56. The Bertz CT molecular complexity index is 603. The number of hydrogen-bond acceptors (Lipinski definition) is 2. The molecule has 0 radical (unpaired) electrons. The van der Waals surface area contributed by atoms with Crippen LogP contribution in [0.1, 0.15) is 18.9 Å². The van der Waals surface area contributed by atoms with Gasteiger partial charge in [-0.1, -0.05) is 55.5 Å². The normalized spacial score (nSPS) is 11.7. The molecule has 0 spiro atoms. The third-order valence-electron chi connectivity index (χ3n) is 3.02. The summed E-state index contributed by atoms with van der Waals surface area (Å²) >= 11 is 0. The maximum absolute atomic E-state index is 11.4. The highest BCUT2D eigenvalue weighted by atomic mass is 16.4. The van der Waals surface area contributed by atoms with E-state index < -0.39 is 5.97 Å². The molecule has 0 saturated carbocycles. The van der Waals surface area contributed by atoms with Gasteiger partial charge in [-0.05, 0) is 24.1 Å². The van der Waals surface area contributed by atoms with Crippen LogP contribution in [-0.2, 0) is 4.79 Å². The van der Waals surface area contributed by atoms with Crippen LogP contribution in [0.25, 0.3) is 5.70 Å². The lowest BCUT2D eigenvalue weighted by Crippen LogP contribution is -2.09. The Morgan fingerprint density at radius 2 is 1.55 bits per heavy atom. The maximum Gasteiger partial charge on any atom is 0.333 e. The van der Waals surface area contributed by atoms with Crippen molar-refractivity contribution in [3.05, 3.63) is 71.8 Å². The number of carboxylic acids is 1. The molecule has 3 heteroatoms. The van der Waals surface area contributed by atoms with E-state index in [0.717, 1.165) is 11.3 Å². The molecule has 0 heterocycles. The Morgan fingerprint density at radius 1 is 1.00 bits per heavy atom. The number of carbonyl (C=O) groups is 1. The number of carboxylic acid groups (broad SMARTS) is 1. The summed E-state index contributed by atoms with van der Waals surface area (Å²) in [6.45, 7) is 1.85. The summed E-state index contributed by atoms with van der Waals surface area (Å²) in [4.78, 5) is 11.4. The predicted octanol–water partition coefficient (Wildman–Crippen LogP) is 4.00. The van der Waals surface area contributed by atoms with Gasteiger partial charge >= 0.3 is 5.97 Å². The van der Waals surface area contributed by atoms with E-state index in [0.29, 0.717) is 17.7 Å². The van der Waals surface area contributed by atoms with Crippen LogP contribution in [0, 0.1) is 0 Å². The van der Waals surface area contributed by atoms with Crippen molar-refractivity contribution in [1.29, 1.82) is 0 Å². The quantitative estimate of drug-likeness (QED) is 0.805. The second-order valence-corrected chi connectivity index (χ2v) is 4.37. The van der Waals surface area contributed by atoms with Gasteiger partial charge in [0, 0.05) is 5.69 Å². The SMILES string of the molecule is CCC(C(=O)O)=C(Nc1ccccc1)c1ccccc1. The smallest absolute Gasteiger partial charge is 0.333 e. The Balaban J connectivity index is 2.48. The van der Waals surface area contributed by atoms with Gasteiger partial charge in [0.2, 0.25) is 0 Å². The summed E-state index contributed by atoms with van der Waals surface area (Å²) in [6.07, 6.45) is 0.458. The van der Waals surface area contributed by atoms with Crippen molar-refractivity contribution < 1.29 is 9.90 Å². The van der Waals surface area contributed by atoms with Crippen LogP contribution in [0.15, 0.2) is 66.2 Å². The lowest BCUT2D eigenvalue weighted by Gasteiger charge is -2.14. The third-order valence-corrected chi connectivity index (χ3v) is 3.02. The zero-order valence-electron chi connectivity index (χ0n) is 11.3. The summed E-state index contributed by atoms with van der Waals surface area (Å²) in [5.41, 5.74) is 2.76. The Hall–Kier alpha value is -2.55. The minimum absolute atomic E-state index is 0.375. The molecular formula is C17H17NO2. The second-order valence-electron chi connectivity index (χ2n) is 4.37. The molecule has 0 aromatic heterocycles. The van der Waals surface area contributed by atoms with E-state index >= 15 is 0 Å². The van der Waals surface area contributed by atoms with Crippen LogP contribution in [0.2, 0.25) is 0 Å². The Morgan fingerprint density at radius 3 is 2.05 bits per heavy atom. The first-order valence-corrected chi connectivity index (χ1v) is 6.56. The van der Waals surface area contributed by atoms with Crippen LogP contribution < -0.4 is 5.32 Å². The molecule has 0 unspecified atom stereocenters. The molecule has 2 aromatic rings. The molecule has 2 aromatic carbocycles. The molecule has 20 heavy (non-hydrogen) atoms. The summed E-state index contributed by atoms with van der Waals surface area (Å²) in [5, 5.41) is 12.6. The number of hydrogen-bond donors (Lipinski definition) is 2. The van der Waals surface area contributed by atoms with Gasteiger partial charge in [0.25, 0.3) is 0 Å². The summed E-state index contributed by atoms with van der Waals surface area (Å²) < 4.78 is 0. The topological polar surface area (TPSA) is 49.3 Å². The molecule has 2 rings (SSSR count). The molecular weight excluding hydrogens is 250 g/mol. The maximum atomic E-state index is 11.4. The zero-order valence-corrected chi connectivity index (χ0v) is 11.3.